The zero-order valence-electron chi connectivity index (χ0n) is 15.0. The molecule has 4 heteroatoms. The second-order valence-corrected chi connectivity index (χ2v) is 19.3. The van der Waals surface area contributed by atoms with Gasteiger partial charge in [0.1, 0.15) is 0 Å². The van der Waals surface area contributed by atoms with Crippen LogP contribution in [0.4, 0.5) is 0 Å². The van der Waals surface area contributed by atoms with Gasteiger partial charge in [0.2, 0.25) is 0 Å². The summed E-state index contributed by atoms with van der Waals surface area (Å²) in [7, 11) is 0. The number of nitrogens with zero attached hydrogens (tertiary/aromatic N) is 2. The zero-order chi connectivity index (χ0) is 16.3. The Morgan fingerprint density at radius 3 is 1.86 bits per heavy atom. The number of ether oxygens (including phenoxy) is 1. The standard InChI is InChI=1S/C6H7N2O.3C4H9.Sn/c1-2-9-6-5-7-3-4-8-6;3*1-3-4-2;/h3,5H,2H2,1H3;3*1,3-4H2,2H3;. The Balaban J connectivity index is 3.09. The van der Waals surface area contributed by atoms with Gasteiger partial charge in [0.15, 0.2) is 0 Å². The van der Waals surface area contributed by atoms with Crippen molar-refractivity contribution in [3.8, 4) is 5.88 Å². The van der Waals surface area contributed by atoms with Crippen molar-refractivity contribution in [2.75, 3.05) is 6.61 Å². The van der Waals surface area contributed by atoms with Crippen LogP contribution in [0.15, 0.2) is 12.4 Å². The van der Waals surface area contributed by atoms with Gasteiger partial charge in [0, 0.05) is 0 Å². The summed E-state index contributed by atoms with van der Waals surface area (Å²) in [6.45, 7) is 9.59. The summed E-state index contributed by atoms with van der Waals surface area (Å²) in [5, 5.41) is 0. The van der Waals surface area contributed by atoms with E-state index in [-0.39, 0.29) is 0 Å². The normalized spacial score (nSPS) is 11.6. The van der Waals surface area contributed by atoms with Crippen molar-refractivity contribution in [2.45, 2.75) is 79.5 Å². The fourth-order valence-electron chi connectivity index (χ4n) is 3.13. The number of hydrogen-bond acceptors (Lipinski definition) is 3. The summed E-state index contributed by atoms with van der Waals surface area (Å²) in [4.78, 5) is 9.36. The molecule has 22 heavy (non-hydrogen) atoms. The first-order chi connectivity index (χ1) is 10.7. The molecule has 1 aromatic heterocycles. The van der Waals surface area contributed by atoms with Crippen molar-refractivity contribution in [2.24, 2.45) is 0 Å². The van der Waals surface area contributed by atoms with Gasteiger partial charge in [-0.2, -0.15) is 0 Å². The molecule has 3 nitrogen and oxygen atoms in total. The van der Waals surface area contributed by atoms with Crippen molar-refractivity contribution in [1.29, 1.82) is 0 Å². The summed E-state index contributed by atoms with van der Waals surface area (Å²) in [5.41, 5.74) is 0. The summed E-state index contributed by atoms with van der Waals surface area (Å²) in [6, 6.07) is 0. The van der Waals surface area contributed by atoms with Gasteiger partial charge in [-0.05, 0) is 0 Å². The summed E-state index contributed by atoms with van der Waals surface area (Å²) < 4.78 is 11.3. The van der Waals surface area contributed by atoms with Gasteiger partial charge in [-0.15, -0.1) is 0 Å². The summed E-state index contributed by atoms with van der Waals surface area (Å²) >= 11 is -2.43. The molecule has 0 saturated carbocycles. The van der Waals surface area contributed by atoms with Crippen LogP contribution in [-0.4, -0.2) is 35.0 Å². The average Bonchev–Trinajstić information content (AvgIpc) is 2.55. The molecule has 0 radical (unpaired) electrons. The van der Waals surface area contributed by atoms with Crippen LogP contribution in [0.5, 0.6) is 5.88 Å². The van der Waals surface area contributed by atoms with E-state index in [1.54, 1.807) is 6.20 Å². The SMILES string of the molecule is CCC[CH2][Sn]([CH2]CCC)([CH2]CCC)[c]1cncc(OCC)n1. The second-order valence-electron chi connectivity index (χ2n) is 6.27. The van der Waals surface area contributed by atoms with E-state index in [2.05, 4.69) is 32.0 Å². The molecular formula is C18H34N2OSn. The number of rotatable bonds is 12. The minimum atomic E-state index is -2.43. The van der Waals surface area contributed by atoms with Gasteiger partial charge >= 0.3 is 141 Å². The maximum atomic E-state index is 5.62. The summed E-state index contributed by atoms with van der Waals surface area (Å²) in [6.07, 6.45) is 11.8. The number of unbranched alkanes of at least 4 members (excludes halogenated alkanes) is 3. The topological polar surface area (TPSA) is 35.0 Å². The van der Waals surface area contributed by atoms with Gasteiger partial charge < -0.3 is 0 Å². The van der Waals surface area contributed by atoms with Crippen LogP contribution >= 0.6 is 0 Å². The molecule has 1 rings (SSSR count). The molecule has 0 spiro atoms. The van der Waals surface area contributed by atoms with Crippen LogP contribution in [0.3, 0.4) is 0 Å². The van der Waals surface area contributed by atoms with Gasteiger partial charge in [-0.25, -0.2) is 0 Å². The quantitative estimate of drug-likeness (QED) is 0.456. The van der Waals surface area contributed by atoms with E-state index in [0.29, 0.717) is 6.61 Å². The van der Waals surface area contributed by atoms with Crippen LogP contribution in [-0.2, 0) is 0 Å². The van der Waals surface area contributed by atoms with E-state index in [0.717, 1.165) is 5.88 Å². The Hall–Kier alpha value is -0.321. The van der Waals surface area contributed by atoms with Crippen molar-refractivity contribution in [3.05, 3.63) is 12.4 Å². The fraction of sp³-hybridized carbons (Fsp3) is 0.778. The van der Waals surface area contributed by atoms with Crippen LogP contribution in [0, 0.1) is 0 Å². The van der Waals surface area contributed by atoms with Gasteiger partial charge in [-0.1, -0.05) is 0 Å². The molecule has 0 fully saturated rings. The molecular weight excluding hydrogens is 379 g/mol. The molecule has 1 heterocycles. The molecule has 0 aromatic carbocycles. The Kier molecular flexibility index (Phi) is 10.1. The Labute approximate surface area is 141 Å². The predicted molar refractivity (Wildman–Crippen MR) is 97.7 cm³/mol. The fourth-order valence-corrected chi connectivity index (χ4v) is 18.3. The van der Waals surface area contributed by atoms with Crippen molar-refractivity contribution in [1.82, 2.24) is 9.97 Å². The van der Waals surface area contributed by atoms with Crippen molar-refractivity contribution < 1.29 is 4.74 Å². The molecule has 0 aliphatic carbocycles. The van der Waals surface area contributed by atoms with E-state index in [1.807, 2.05) is 6.92 Å². The molecule has 0 atom stereocenters. The zero-order valence-corrected chi connectivity index (χ0v) is 17.9. The van der Waals surface area contributed by atoms with Crippen LogP contribution < -0.4 is 8.45 Å². The molecule has 0 bridgehead atoms. The third kappa shape index (κ3) is 6.05. The van der Waals surface area contributed by atoms with Crippen molar-refractivity contribution in [3.63, 3.8) is 0 Å². The first kappa shape index (κ1) is 19.7. The number of aromatic nitrogens is 2. The molecule has 0 amide bonds. The molecule has 0 aliphatic heterocycles. The van der Waals surface area contributed by atoms with Crippen LogP contribution in [0.25, 0.3) is 0 Å². The first-order valence-corrected chi connectivity index (χ1v) is 16.7. The third-order valence-corrected chi connectivity index (χ3v) is 19.5. The second kappa shape index (κ2) is 11.3. The summed E-state index contributed by atoms with van der Waals surface area (Å²) in [5.74, 6) is 0.727. The van der Waals surface area contributed by atoms with E-state index in [9.17, 15) is 0 Å². The Morgan fingerprint density at radius 2 is 1.41 bits per heavy atom. The molecule has 0 saturated heterocycles. The van der Waals surface area contributed by atoms with Crippen molar-refractivity contribution >= 4 is 22.1 Å². The van der Waals surface area contributed by atoms with E-state index in [1.165, 1.54) is 55.5 Å². The Bertz CT molecular complexity index is 390. The van der Waals surface area contributed by atoms with Gasteiger partial charge in [-0.3, -0.25) is 0 Å². The molecule has 0 N–H and O–H groups in total. The molecule has 0 unspecified atom stereocenters. The first-order valence-electron chi connectivity index (χ1n) is 9.17. The van der Waals surface area contributed by atoms with Crippen LogP contribution in [0.2, 0.25) is 13.3 Å². The predicted octanol–water partition coefficient (Wildman–Crippen LogP) is 4.93. The molecule has 126 valence electrons. The van der Waals surface area contributed by atoms with Gasteiger partial charge in [0.25, 0.3) is 0 Å². The van der Waals surface area contributed by atoms with E-state index in [4.69, 9.17) is 9.72 Å². The molecule has 1 aromatic rings. The average molecular weight is 413 g/mol. The van der Waals surface area contributed by atoms with E-state index < -0.39 is 18.4 Å². The monoisotopic (exact) mass is 414 g/mol. The van der Waals surface area contributed by atoms with Crippen LogP contribution in [0.1, 0.15) is 66.2 Å². The molecule has 0 aliphatic rings. The van der Waals surface area contributed by atoms with E-state index >= 15 is 0 Å². The van der Waals surface area contributed by atoms with Gasteiger partial charge in [0.05, 0.1) is 0 Å². The number of hydrogen-bond donors (Lipinski definition) is 0. The minimum absolute atomic E-state index is 0.666. The third-order valence-electron chi connectivity index (χ3n) is 4.47. The Morgan fingerprint density at radius 1 is 0.864 bits per heavy atom. The maximum absolute atomic E-state index is 5.62.